The topological polar surface area (TPSA) is 76.0 Å². The number of aliphatic imine (C=N–C) groups is 1. The molecule has 0 radical (unpaired) electrons. The Morgan fingerprint density at radius 1 is 1.50 bits per heavy atom. The first-order valence-electron chi connectivity index (χ1n) is 4.50. The molecule has 0 amide bonds. The molecule has 0 saturated carbocycles. The third kappa shape index (κ3) is 1.48. The molecular weight excluding hydrogens is 178 g/mol. The van der Waals surface area contributed by atoms with Gasteiger partial charge in [0, 0.05) is 6.20 Å². The van der Waals surface area contributed by atoms with Crippen LogP contribution in [-0.2, 0) is 0 Å². The van der Waals surface area contributed by atoms with Crippen molar-refractivity contribution < 1.29 is 0 Å². The molecule has 2 N–H and O–H groups in total. The number of azo groups is 1. The van der Waals surface area contributed by atoms with Crippen LogP contribution in [0.4, 0.5) is 5.82 Å². The fraction of sp³-hybridized carbons (Fsp3) is 0.333. The van der Waals surface area contributed by atoms with Crippen molar-refractivity contribution in [1.29, 1.82) is 0 Å². The van der Waals surface area contributed by atoms with E-state index >= 15 is 0 Å². The van der Waals surface area contributed by atoms with Gasteiger partial charge in [-0.2, -0.15) is 5.11 Å². The van der Waals surface area contributed by atoms with Crippen LogP contribution >= 0.6 is 0 Å². The van der Waals surface area contributed by atoms with Crippen molar-refractivity contribution >= 4 is 11.7 Å². The second-order valence-corrected chi connectivity index (χ2v) is 2.99. The van der Waals surface area contributed by atoms with Gasteiger partial charge in [-0.15, -0.1) is 5.11 Å². The molecule has 0 aromatic carbocycles. The summed E-state index contributed by atoms with van der Waals surface area (Å²) in [5.41, 5.74) is 6.45. The number of anilines is 1. The van der Waals surface area contributed by atoms with E-state index in [1.165, 1.54) is 0 Å². The largest absolute Gasteiger partial charge is 0.383 e. The van der Waals surface area contributed by atoms with E-state index in [4.69, 9.17) is 5.73 Å². The molecule has 5 heteroatoms. The third-order valence-corrected chi connectivity index (χ3v) is 2.00. The Bertz CT molecular complexity index is 396. The molecule has 2 heterocycles. The van der Waals surface area contributed by atoms with Crippen LogP contribution in [0.5, 0.6) is 0 Å². The summed E-state index contributed by atoms with van der Waals surface area (Å²) in [5, 5.41) is 7.97. The molecule has 72 valence electrons. The zero-order chi connectivity index (χ0) is 9.97. The molecule has 1 atom stereocenters. The predicted octanol–water partition coefficient (Wildman–Crippen LogP) is 1.61. The number of hydrogen-bond acceptors (Lipinski definition) is 5. The van der Waals surface area contributed by atoms with Crippen LogP contribution in [0.1, 0.15) is 18.9 Å². The van der Waals surface area contributed by atoms with Crippen LogP contribution in [0.25, 0.3) is 0 Å². The molecule has 0 bridgehead atoms. The van der Waals surface area contributed by atoms with E-state index < -0.39 is 0 Å². The van der Waals surface area contributed by atoms with Crippen LogP contribution in [-0.4, -0.2) is 17.0 Å². The van der Waals surface area contributed by atoms with Gasteiger partial charge in [0.1, 0.15) is 5.82 Å². The summed E-state index contributed by atoms with van der Waals surface area (Å²) in [5.74, 6) is 1.03. The standard InChI is InChI=1S/C9H11N5/c1-2-7-12-9(14-13-7)6-4-3-5-11-8(6)10/h3-5,7H,2H2,1H3,(H2,10,11). The Hall–Kier alpha value is -1.78. The molecule has 1 aliphatic rings. The van der Waals surface area contributed by atoms with E-state index in [1.54, 1.807) is 6.20 Å². The average molecular weight is 189 g/mol. The zero-order valence-corrected chi connectivity index (χ0v) is 7.88. The minimum atomic E-state index is -0.0513. The molecule has 5 nitrogen and oxygen atoms in total. The van der Waals surface area contributed by atoms with Gasteiger partial charge in [-0.3, -0.25) is 0 Å². The van der Waals surface area contributed by atoms with Gasteiger partial charge < -0.3 is 5.73 Å². The molecular formula is C9H11N5. The highest BCUT2D eigenvalue weighted by atomic mass is 15.3. The molecule has 1 unspecified atom stereocenters. The smallest absolute Gasteiger partial charge is 0.182 e. The van der Waals surface area contributed by atoms with E-state index in [2.05, 4.69) is 20.2 Å². The van der Waals surface area contributed by atoms with E-state index in [-0.39, 0.29) is 6.17 Å². The number of hydrogen-bond donors (Lipinski definition) is 1. The molecule has 1 aromatic heterocycles. The number of nitrogen functional groups attached to an aromatic ring is 1. The lowest BCUT2D eigenvalue weighted by Crippen LogP contribution is -2.03. The third-order valence-electron chi connectivity index (χ3n) is 2.00. The highest BCUT2D eigenvalue weighted by Crippen LogP contribution is 2.17. The summed E-state index contributed by atoms with van der Waals surface area (Å²) in [7, 11) is 0. The Kier molecular flexibility index (Phi) is 2.22. The van der Waals surface area contributed by atoms with Crippen LogP contribution in [0.3, 0.4) is 0 Å². The van der Waals surface area contributed by atoms with Gasteiger partial charge in [-0.05, 0) is 18.6 Å². The van der Waals surface area contributed by atoms with Crippen molar-refractivity contribution in [3.8, 4) is 0 Å². The number of aromatic nitrogens is 1. The lowest BCUT2D eigenvalue weighted by molar-refractivity contribution is 0.683. The maximum atomic E-state index is 5.69. The monoisotopic (exact) mass is 189 g/mol. The SMILES string of the molecule is CCC1N=NC(c2cccnc2N)=N1. The van der Waals surface area contributed by atoms with Crippen molar-refractivity contribution in [3.63, 3.8) is 0 Å². The van der Waals surface area contributed by atoms with E-state index in [9.17, 15) is 0 Å². The van der Waals surface area contributed by atoms with E-state index in [0.29, 0.717) is 11.7 Å². The number of rotatable bonds is 2. The lowest BCUT2D eigenvalue weighted by Gasteiger charge is -1.99. The second-order valence-electron chi connectivity index (χ2n) is 2.99. The number of nitrogens with zero attached hydrogens (tertiary/aromatic N) is 4. The van der Waals surface area contributed by atoms with Gasteiger partial charge in [-0.1, -0.05) is 6.92 Å². The molecule has 2 rings (SSSR count). The summed E-state index contributed by atoms with van der Waals surface area (Å²) in [6, 6.07) is 3.65. The zero-order valence-electron chi connectivity index (χ0n) is 7.88. The van der Waals surface area contributed by atoms with Gasteiger partial charge in [0.25, 0.3) is 0 Å². The number of pyridine rings is 1. The molecule has 0 spiro atoms. The van der Waals surface area contributed by atoms with Gasteiger partial charge in [0.15, 0.2) is 12.0 Å². The van der Waals surface area contributed by atoms with Crippen molar-refractivity contribution in [2.45, 2.75) is 19.5 Å². The summed E-state index contributed by atoms with van der Waals surface area (Å²) >= 11 is 0. The summed E-state index contributed by atoms with van der Waals surface area (Å²) in [4.78, 5) is 8.27. The maximum absolute atomic E-state index is 5.69. The minimum Gasteiger partial charge on any atom is -0.383 e. The number of amidine groups is 1. The van der Waals surface area contributed by atoms with Crippen LogP contribution in [0.2, 0.25) is 0 Å². The first kappa shape index (κ1) is 8.80. The Morgan fingerprint density at radius 2 is 2.36 bits per heavy atom. The van der Waals surface area contributed by atoms with Gasteiger partial charge >= 0.3 is 0 Å². The molecule has 1 aliphatic heterocycles. The molecule has 1 aromatic rings. The summed E-state index contributed by atoms with van der Waals surface area (Å²) < 4.78 is 0. The highest BCUT2D eigenvalue weighted by molar-refractivity contribution is 6.03. The van der Waals surface area contributed by atoms with E-state index in [1.807, 2.05) is 19.1 Å². The molecule has 0 fully saturated rings. The predicted molar refractivity (Wildman–Crippen MR) is 54.1 cm³/mol. The van der Waals surface area contributed by atoms with E-state index in [0.717, 1.165) is 12.0 Å². The summed E-state index contributed by atoms with van der Waals surface area (Å²) in [6.45, 7) is 2.02. The lowest BCUT2D eigenvalue weighted by atomic mass is 10.2. The van der Waals surface area contributed by atoms with Gasteiger partial charge in [0.05, 0.1) is 5.56 Å². The highest BCUT2D eigenvalue weighted by Gasteiger charge is 2.15. The molecule has 0 aliphatic carbocycles. The normalized spacial score (nSPS) is 19.8. The van der Waals surface area contributed by atoms with Crippen molar-refractivity contribution in [2.75, 3.05) is 5.73 Å². The molecule has 0 saturated heterocycles. The first-order valence-corrected chi connectivity index (χ1v) is 4.50. The van der Waals surface area contributed by atoms with Gasteiger partial charge in [0.2, 0.25) is 0 Å². The maximum Gasteiger partial charge on any atom is 0.182 e. The van der Waals surface area contributed by atoms with Crippen LogP contribution in [0.15, 0.2) is 33.6 Å². The van der Waals surface area contributed by atoms with Crippen molar-refractivity contribution in [2.24, 2.45) is 15.2 Å². The molecule has 14 heavy (non-hydrogen) atoms. The number of nitrogens with two attached hydrogens (primary N) is 1. The van der Waals surface area contributed by atoms with Crippen molar-refractivity contribution in [3.05, 3.63) is 23.9 Å². The Morgan fingerprint density at radius 3 is 3.00 bits per heavy atom. The van der Waals surface area contributed by atoms with Crippen LogP contribution in [0, 0.1) is 0 Å². The fourth-order valence-electron chi connectivity index (χ4n) is 1.22. The fourth-order valence-corrected chi connectivity index (χ4v) is 1.22. The quantitative estimate of drug-likeness (QED) is 0.767. The Labute approximate surface area is 81.8 Å². The van der Waals surface area contributed by atoms with Crippen LogP contribution < -0.4 is 5.73 Å². The van der Waals surface area contributed by atoms with Crippen molar-refractivity contribution in [1.82, 2.24) is 4.98 Å². The first-order chi connectivity index (χ1) is 6.81. The summed E-state index contributed by atoms with van der Waals surface area (Å²) in [6.07, 6.45) is 2.44. The van der Waals surface area contributed by atoms with Gasteiger partial charge in [-0.25, -0.2) is 9.98 Å². The minimum absolute atomic E-state index is 0.0513. The Balaban J connectivity index is 2.34. The average Bonchev–Trinajstić information content (AvgIpc) is 2.67. The second kappa shape index (κ2) is 3.53.